The van der Waals surface area contributed by atoms with E-state index < -0.39 is 0 Å². The number of hydrogen-bond acceptors (Lipinski definition) is 2. The number of carbonyl (C=O) groups is 1. The molecule has 2 rings (SSSR count). The maximum atomic E-state index is 11.1. The second kappa shape index (κ2) is 4.64. The van der Waals surface area contributed by atoms with Crippen molar-refractivity contribution in [3.63, 3.8) is 0 Å². The summed E-state index contributed by atoms with van der Waals surface area (Å²) in [5.41, 5.74) is 7.69. The Kier molecular flexibility index (Phi) is 3.22. The van der Waals surface area contributed by atoms with Gasteiger partial charge >= 0.3 is 0 Å². The van der Waals surface area contributed by atoms with E-state index in [0.29, 0.717) is 11.5 Å². The number of carbonyl (C=O) groups excluding carboxylic acids is 1. The SMILES string of the molecule is Cc1nc(C2CCCCC2)ccc1C(N)=O. The van der Waals surface area contributed by atoms with Crippen molar-refractivity contribution in [1.29, 1.82) is 0 Å². The molecule has 86 valence electrons. The zero-order chi connectivity index (χ0) is 11.5. The highest BCUT2D eigenvalue weighted by molar-refractivity contribution is 5.93. The summed E-state index contributed by atoms with van der Waals surface area (Å²) in [6.45, 7) is 1.85. The smallest absolute Gasteiger partial charge is 0.250 e. The van der Waals surface area contributed by atoms with Gasteiger partial charge in [0.15, 0.2) is 0 Å². The summed E-state index contributed by atoms with van der Waals surface area (Å²) in [5.74, 6) is 0.189. The first-order valence-electron chi connectivity index (χ1n) is 5.96. The fourth-order valence-corrected chi connectivity index (χ4v) is 2.47. The molecule has 1 fully saturated rings. The molecule has 0 aromatic carbocycles. The molecule has 1 heterocycles. The van der Waals surface area contributed by atoms with Crippen LogP contribution in [0.25, 0.3) is 0 Å². The van der Waals surface area contributed by atoms with Gasteiger partial charge in [0, 0.05) is 11.6 Å². The first-order chi connectivity index (χ1) is 7.68. The Morgan fingerprint density at radius 3 is 2.56 bits per heavy atom. The van der Waals surface area contributed by atoms with Crippen molar-refractivity contribution in [3.05, 3.63) is 29.1 Å². The normalized spacial score (nSPS) is 17.3. The molecule has 0 bridgehead atoms. The van der Waals surface area contributed by atoms with Crippen molar-refractivity contribution in [1.82, 2.24) is 4.98 Å². The lowest BCUT2D eigenvalue weighted by atomic mass is 9.86. The quantitative estimate of drug-likeness (QED) is 0.829. The molecule has 1 amide bonds. The molecule has 0 atom stereocenters. The average molecular weight is 218 g/mol. The molecule has 0 unspecified atom stereocenters. The predicted octanol–water partition coefficient (Wildman–Crippen LogP) is 2.54. The highest BCUT2D eigenvalue weighted by Gasteiger charge is 2.17. The van der Waals surface area contributed by atoms with Crippen LogP contribution in [-0.2, 0) is 0 Å². The summed E-state index contributed by atoms with van der Waals surface area (Å²) in [4.78, 5) is 15.6. The predicted molar refractivity (Wildman–Crippen MR) is 63.3 cm³/mol. The van der Waals surface area contributed by atoms with Gasteiger partial charge in [-0.3, -0.25) is 9.78 Å². The monoisotopic (exact) mass is 218 g/mol. The van der Waals surface area contributed by atoms with Crippen LogP contribution in [0.2, 0.25) is 0 Å². The molecule has 3 heteroatoms. The summed E-state index contributed by atoms with van der Waals surface area (Å²) in [6.07, 6.45) is 6.38. The molecule has 1 aliphatic rings. The molecule has 0 aliphatic heterocycles. The second-order valence-electron chi connectivity index (χ2n) is 4.57. The largest absolute Gasteiger partial charge is 0.366 e. The topological polar surface area (TPSA) is 56.0 Å². The number of nitrogens with zero attached hydrogens (tertiary/aromatic N) is 1. The molecule has 16 heavy (non-hydrogen) atoms. The third-order valence-electron chi connectivity index (χ3n) is 3.40. The van der Waals surface area contributed by atoms with Crippen LogP contribution in [0.4, 0.5) is 0 Å². The van der Waals surface area contributed by atoms with Gasteiger partial charge in [-0.05, 0) is 31.9 Å². The third kappa shape index (κ3) is 2.23. The van der Waals surface area contributed by atoms with Crippen LogP contribution in [0.3, 0.4) is 0 Å². The van der Waals surface area contributed by atoms with Crippen LogP contribution in [0, 0.1) is 6.92 Å². The fourth-order valence-electron chi connectivity index (χ4n) is 2.47. The van der Waals surface area contributed by atoms with Crippen molar-refractivity contribution in [2.24, 2.45) is 5.73 Å². The summed E-state index contributed by atoms with van der Waals surface area (Å²) >= 11 is 0. The van der Waals surface area contributed by atoms with E-state index in [1.807, 2.05) is 19.1 Å². The van der Waals surface area contributed by atoms with Gasteiger partial charge in [-0.25, -0.2) is 0 Å². The molecular weight excluding hydrogens is 200 g/mol. The third-order valence-corrected chi connectivity index (χ3v) is 3.40. The van der Waals surface area contributed by atoms with Crippen molar-refractivity contribution in [3.8, 4) is 0 Å². The number of amides is 1. The van der Waals surface area contributed by atoms with Crippen LogP contribution in [0.5, 0.6) is 0 Å². The average Bonchev–Trinajstić information content (AvgIpc) is 2.29. The second-order valence-corrected chi connectivity index (χ2v) is 4.57. The van der Waals surface area contributed by atoms with Crippen LogP contribution >= 0.6 is 0 Å². The van der Waals surface area contributed by atoms with E-state index in [4.69, 9.17) is 5.73 Å². The van der Waals surface area contributed by atoms with E-state index in [1.54, 1.807) is 0 Å². The molecule has 1 aromatic rings. The number of hydrogen-bond donors (Lipinski definition) is 1. The molecular formula is C13H18N2O. The lowest BCUT2D eigenvalue weighted by Gasteiger charge is -2.21. The van der Waals surface area contributed by atoms with Gasteiger partial charge in [0.25, 0.3) is 5.91 Å². The van der Waals surface area contributed by atoms with Crippen molar-refractivity contribution < 1.29 is 4.79 Å². The maximum absolute atomic E-state index is 11.1. The molecule has 0 radical (unpaired) electrons. The summed E-state index contributed by atoms with van der Waals surface area (Å²) < 4.78 is 0. The number of nitrogens with two attached hydrogens (primary N) is 1. The van der Waals surface area contributed by atoms with E-state index in [0.717, 1.165) is 11.4 Å². The number of aromatic nitrogens is 1. The Bertz CT molecular complexity index is 395. The van der Waals surface area contributed by atoms with E-state index >= 15 is 0 Å². The fraction of sp³-hybridized carbons (Fsp3) is 0.538. The molecule has 1 aliphatic carbocycles. The summed E-state index contributed by atoms with van der Waals surface area (Å²) in [7, 11) is 0. The zero-order valence-electron chi connectivity index (χ0n) is 9.70. The minimum absolute atomic E-state index is 0.389. The number of primary amides is 1. The maximum Gasteiger partial charge on any atom is 0.250 e. The Morgan fingerprint density at radius 2 is 2.00 bits per heavy atom. The molecule has 1 aromatic heterocycles. The standard InChI is InChI=1S/C13H18N2O/c1-9-11(13(14)16)7-8-12(15-9)10-5-3-2-4-6-10/h7-8,10H,2-6H2,1H3,(H2,14,16). The Labute approximate surface area is 96.1 Å². The van der Waals surface area contributed by atoms with E-state index in [2.05, 4.69) is 4.98 Å². The minimum Gasteiger partial charge on any atom is -0.366 e. The number of rotatable bonds is 2. The van der Waals surface area contributed by atoms with Gasteiger partial charge in [0.1, 0.15) is 0 Å². The van der Waals surface area contributed by atoms with Crippen LogP contribution in [0.15, 0.2) is 12.1 Å². The van der Waals surface area contributed by atoms with Gasteiger partial charge in [0.2, 0.25) is 0 Å². The summed E-state index contributed by atoms with van der Waals surface area (Å²) in [5, 5.41) is 0. The van der Waals surface area contributed by atoms with Crippen LogP contribution in [-0.4, -0.2) is 10.9 Å². The van der Waals surface area contributed by atoms with E-state index in [-0.39, 0.29) is 5.91 Å². The zero-order valence-corrected chi connectivity index (χ0v) is 9.70. The Hall–Kier alpha value is -1.38. The van der Waals surface area contributed by atoms with Crippen molar-refractivity contribution in [2.75, 3.05) is 0 Å². The van der Waals surface area contributed by atoms with E-state index in [1.165, 1.54) is 32.1 Å². The van der Waals surface area contributed by atoms with Crippen molar-refractivity contribution >= 4 is 5.91 Å². The molecule has 0 spiro atoms. The van der Waals surface area contributed by atoms with Crippen LogP contribution < -0.4 is 5.73 Å². The lowest BCUT2D eigenvalue weighted by molar-refractivity contribution is 0.0999. The van der Waals surface area contributed by atoms with Gasteiger partial charge in [-0.1, -0.05) is 19.3 Å². The molecule has 0 saturated heterocycles. The molecule has 3 nitrogen and oxygen atoms in total. The first-order valence-corrected chi connectivity index (χ1v) is 5.96. The van der Waals surface area contributed by atoms with Gasteiger partial charge in [-0.2, -0.15) is 0 Å². The first kappa shape index (κ1) is 11.1. The van der Waals surface area contributed by atoms with Gasteiger partial charge in [-0.15, -0.1) is 0 Å². The van der Waals surface area contributed by atoms with Crippen LogP contribution in [0.1, 0.15) is 59.8 Å². The van der Waals surface area contributed by atoms with Gasteiger partial charge in [0.05, 0.1) is 11.3 Å². The Balaban J connectivity index is 2.23. The van der Waals surface area contributed by atoms with E-state index in [9.17, 15) is 4.79 Å². The highest BCUT2D eigenvalue weighted by atomic mass is 16.1. The lowest BCUT2D eigenvalue weighted by Crippen LogP contribution is -2.15. The minimum atomic E-state index is -0.389. The van der Waals surface area contributed by atoms with Crippen molar-refractivity contribution in [2.45, 2.75) is 44.9 Å². The number of aryl methyl sites for hydroxylation is 1. The molecule has 1 saturated carbocycles. The highest BCUT2D eigenvalue weighted by Crippen LogP contribution is 2.31. The molecule has 2 N–H and O–H groups in total. The Morgan fingerprint density at radius 1 is 1.31 bits per heavy atom. The van der Waals surface area contributed by atoms with Gasteiger partial charge < -0.3 is 5.73 Å². The number of pyridine rings is 1. The summed E-state index contributed by atoms with van der Waals surface area (Å²) in [6, 6.07) is 3.78.